The number of ketones is 1. The van der Waals surface area contributed by atoms with Crippen LogP contribution < -0.4 is 4.74 Å². The number of ether oxygens (including phenoxy) is 1. The van der Waals surface area contributed by atoms with E-state index in [4.69, 9.17) is 4.74 Å². The van der Waals surface area contributed by atoms with E-state index in [1.165, 1.54) is 0 Å². The van der Waals surface area contributed by atoms with Crippen molar-refractivity contribution in [3.63, 3.8) is 0 Å². The Balaban J connectivity index is 2.48. The van der Waals surface area contributed by atoms with Crippen LogP contribution in [-0.4, -0.2) is 12.4 Å². The predicted molar refractivity (Wildman–Crippen MR) is 59.4 cm³/mol. The number of carbonyl (C=O) groups excluding carboxylic acids is 1. The lowest BCUT2D eigenvalue weighted by atomic mass is 9.98. The molecule has 0 fully saturated rings. The molecule has 0 saturated carbocycles. The molecule has 1 aromatic rings. The molecule has 15 heavy (non-hydrogen) atoms. The Hall–Kier alpha value is -1.57. The predicted octanol–water partition coefficient (Wildman–Crippen LogP) is 2.77. The lowest BCUT2D eigenvalue weighted by Crippen LogP contribution is -2.13. The molecule has 0 aliphatic carbocycles. The molecule has 0 radical (unpaired) electrons. The van der Waals surface area contributed by atoms with Gasteiger partial charge in [0.15, 0.2) is 5.78 Å². The van der Waals surface area contributed by atoms with E-state index >= 15 is 0 Å². The molecule has 0 aromatic heterocycles. The van der Waals surface area contributed by atoms with Crippen molar-refractivity contribution in [1.29, 1.82) is 0 Å². The minimum atomic E-state index is -0.0197. The maximum Gasteiger partial charge on any atom is 0.191 e. The molecule has 0 saturated heterocycles. The quantitative estimate of drug-likeness (QED) is 0.544. The second kappa shape index (κ2) is 3.89. The first-order valence-corrected chi connectivity index (χ1v) is 5.15. The van der Waals surface area contributed by atoms with Crippen LogP contribution in [0.15, 0.2) is 30.4 Å². The number of benzene rings is 1. The third-order valence-electron chi connectivity index (χ3n) is 2.57. The van der Waals surface area contributed by atoms with Crippen LogP contribution in [0.2, 0.25) is 0 Å². The summed E-state index contributed by atoms with van der Waals surface area (Å²) in [6.07, 6.45) is 2.02. The van der Waals surface area contributed by atoms with Crippen molar-refractivity contribution in [1.82, 2.24) is 0 Å². The third-order valence-corrected chi connectivity index (χ3v) is 2.57. The highest BCUT2D eigenvalue weighted by atomic mass is 16.5. The number of aryl methyl sites for hydroxylation is 1. The van der Waals surface area contributed by atoms with E-state index in [0.29, 0.717) is 17.7 Å². The maximum absolute atomic E-state index is 11.8. The van der Waals surface area contributed by atoms with E-state index in [1.54, 1.807) is 13.0 Å². The van der Waals surface area contributed by atoms with Gasteiger partial charge >= 0.3 is 0 Å². The zero-order valence-electron chi connectivity index (χ0n) is 8.88. The molecule has 0 unspecified atom stereocenters. The summed E-state index contributed by atoms with van der Waals surface area (Å²) in [6, 6.07) is 5.73. The van der Waals surface area contributed by atoms with Gasteiger partial charge in [-0.3, -0.25) is 4.79 Å². The molecule has 2 rings (SSSR count). The summed E-state index contributed by atoms with van der Waals surface area (Å²) in [5, 5.41) is 0. The van der Waals surface area contributed by atoms with Crippen LogP contribution >= 0.6 is 0 Å². The van der Waals surface area contributed by atoms with Crippen LogP contribution in [0.1, 0.15) is 29.3 Å². The molecule has 1 aromatic carbocycles. The fraction of sp³-hybridized carbons (Fsp3) is 0.308. The second-order valence-corrected chi connectivity index (χ2v) is 3.86. The minimum Gasteiger partial charge on any atom is -0.493 e. The lowest BCUT2D eigenvalue weighted by molar-refractivity contribution is 0.103. The Kier molecular flexibility index (Phi) is 2.58. The molecule has 1 aliphatic heterocycles. The molecule has 1 heterocycles. The summed E-state index contributed by atoms with van der Waals surface area (Å²) in [5.74, 6) is 0.741. The van der Waals surface area contributed by atoms with Crippen LogP contribution in [0.3, 0.4) is 0 Å². The molecular formula is C13H14O2. The van der Waals surface area contributed by atoms with E-state index in [9.17, 15) is 4.79 Å². The van der Waals surface area contributed by atoms with Crippen LogP contribution in [0.4, 0.5) is 0 Å². The van der Waals surface area contributed by atoms with Gasteiger partial charge in [-0.05, 0) is 37.0 Å². The number of hydrogen-bond donors (Lipinski definition) is 0. The smallest absolute Gasteiger partial charge is 0.191 e. The Morgan fingerprint density at radius 2 is 2.27 bits per heavy atom. The summed E-state index contributed by atoms with van der Waals surface area (Å²) >= 11 is 0. The van der Waals surface area contributed by atoms with Crippen LogP contribution in [0.25, 0.3) is 0 Å². The summed E-state index contributed by atoms with van der Waals surface area (Å²) in [7, 11) is 0. The lowest BCUT2D eigenvalue weighted by Gasteiger charge is -2.19. The van der Waals surface area contributed by atoms with Gasteiger partial charge in [-0.2, -0.15) is 0 Å². The van der Waals surface area contributed by atoms with Crippen molar-refractivity contribution < 1.29 is 9.53 Å². The average Bonchev–Trinajstić information content (AvgIpc) is 2.27. The van der Waals surface area contributed by atoms with E-state index < -0.39 is 0 Å². The third kappa shape index (κ3) is 1.80. The SMILES string of the molecule is C=C(C)C(=O)c1cccc2c1OCCC2. The molecular weight excluding hydrogens is 188 g/mol. The van der Waals surface area contributed by atoms with Crippen molar-refractivity contribution in [3.05, 3.63) is 41.5 Å². The van der Waals surface area contributed by atoms with Gasteiger partial charge in [0.2, 0.25) is 0 Å². The summed E-state index contributed by atoms with van der Waals surface area (Å²) in [4.78, 5) is 11.8. The van der Waals surface area contributed by atoms with Crippen molar-refractivity contribution >= 4 is 5.78 Å². The molecule has 78 valence electrons. The Labute approximate surface area is 89.6 Å². The topological polar surface area (TPSA) is 26.3 Å². The normalized spacial score (nSPS) is 13.9. The largest absolute Gasteiger partial charge is 0.493 e. The van der Waals surface area contributed by atoms with Crippen molar-refractivity contribution in [2.45, 2.75) is 19.8 Å². The van der Waals surface area contributed by atoms with Crippen molar-refractivity contribution in [3.8, 4) is 5.75 Å². The Morgan fingerprint density at radius 3 is 3.00 bits per heavy atom. The number of Topliss-reactive ketones (excluding diaryl/α,β-unsaturated/α-hetero) is 1. The maximum atomic E-state index is 11.8. The number of allylic oxidation sites excluding steroid dienone is 1. The standard InChI is InChI=1S/C13H14O2/c1-9(2)12(14)11-7-3-5-10-6-4-8-15-13(10)11/h3,5,7H,1,4,6,8H2,2H3. The van der Waals surface area contributed by atoms with Crippen LogP contribution in [0.5, 0.6) is 5.75 Å². The first kappa shape index (κ1) is 9.97. The first-order valence-electron chi connectivity index (χ1n) is 5.15. The molecule has 0 spiro atoms. The van der Waals surface area contributed by atoms with Crippen molar-refractivity contribution in [2.75, 3.05) is 6.61 Å². The highest BCUT2D eigenvalue weighted by Crippen LogP contribution is 2.30. The van der Waals surface area contributed by atoms with Gasteiger partial charge < -0.3 is 4.74 Å². The summed E-state index contributed by atoms with van der Waals surface area (Å²) < 4.78 is 5.56. The number of carbonyl (C=O) groups is 1. The van der Waals surface area contributed by atoms with Gasteiger partial charge in [-0.25, -0.2) is 0 Å². The van der Waals surface area contributed by atoms with Crippen molar-refractivity contribution in [2.24, 2.45) is 0 Å². The number of rotatable bonds is 2. The molecule has 2 nitrogen and oxygen atoms in total. The van der Waals surface area contributed by atoms with Crippen LogP contribution in [0, 0.1) is 0 Å². The number of para-hydroxylation sites is 1. The van der Waals surface area contributed by atoms with E-state index in [0.717, 1.165) is 24.2 Å². The fourth-order valence-corrected chi connectivity index (χ4v) is 1.80. The van der Waals surface area contributed by atoms with E-state index in [1.807, 2.05) is 12.1 Å². The molecule has 0 amide bonds. The number of hydrogen-bond acceptors (Lipinski definition) is 2. The summed E-state index contributed by atoms with van der Waals surface area (Å²) in [6.45, 7) is 6.10. The highest BCUT2D eigenvalue weighted by Gasteiger charge is 2.18. The molecule has 1 aliphatic rings. The van der Waals surface area contributed by atoms with Gasteiger partial charge in [-0.15, -0.1) is 0 Å². The zero-order valence-corrected chi connectivity index (χ0v) is 8.88. The zero-order chi connectivity index (χ0) is 10.8. The first-order chi connectivity index (χ1) is 7.20. The van der Waals surface area contributed by atoms with E-state index in [-0.39, 0.29) is 5.78 Å². The average molecular weight is 202 g/mol. The Bertz CT molecular complexity index is 419. The fourth-order valence-electron chi connectivity index (χ4n) is 1.80. The van der Waals surface area contributed by atoms with Gasteiger partial charge in [0, 0.05) is 0 Å². The molecule has 0 bridgehead atoms. The van der Waals surface area contributed by atoms with Gasteiger partial charge in [0.25, 0.3) is 0 Å². The minimum absolute atomic E-state index is 0.0197. The highest BCUT2D eigenvalue weighted by molar-refractivity contribution is 6.09. The molecule has 0 N–H and O–H groups in total. The Morgan fingerprint density at radius 1 is 1.47 bits per heavy atom. The molecule has 0 atom stereocenters. The van der Waals surface area contributed by atoms with Gasteiger partial charge in [0.05, 0.1) is 12.2 Å². The van der Waals surface area contributed by atoms with Gasteiger partial charge in [0.1, 0.15) is 5.75 Å². The second-order valence-electron chi connectivity index (χ2n) is 3.86. The monoisotopic (exact) mass is 202 g/mol. The number of fused-ring (bicyclic) bond motifs is 1. The van der Waals surface area contributed by atoms with Crippen LogP contribution in [-0.2, 0) is 6.42 Å². The van der Waals surface area contributed by atoms with Gasteiger partial charge in [-0.1, -0.05) is 18.7 Å². The molecule has 2 heteroatoms. The van der Waals surface area contributed by atoms with E-state index in [2.05, 4.69) is 6.58 Å². The summed E-state index contributed by atoms with van der Waals surface area (Å²) in [5.41, 5.74) is 2.34.